The Kier molecular flexibility index (Phi) is 3.26. The van der Waals surface area contributed by atoms with Crippen LogP contribution in [-0.2, 0) is 0 Å². The molecule has 0 saturated carbocycles. The summed E-state index contributed by atoms with van der Waals surface area (Å²) in [6.45, 7) is 8.20. The normalized spacial score (nSPS) is 24.2. The third-order valence-electron chi connectivity index (χ3n) is 3.00. The van der Waals surface area contributed by atoms with Gasteiger partial charge in [-0.05, 0) is 7.05 Å². The molecule has 0 aliphatic carbocycles. The van der Waals surface area contributed by atoms with Crippen LogP contribution in [0.4, 0.5) is 0 Å². The van der Waals surface area contributed by atoms with Crippen molar-refractivity contribution < 1.29 is 0 Å². The quantitative estimate of drug-likeness (QED) is 0.661. The summed E-state index contributed by atoms with van der Waals surface area (Å²) in [4.78, 5) is 7.26. The van der Waals surface area contributed by atoms with Crippen molar-refractivity contribution in [3.8, 4) is 0 Å². The van der Waals surface area contributed by atoms with Crippen LogP contribution in [0, 0.1) is 0 Å². The standard InChI is InChI=1S/C10H20N4/c1-12-4-6-13(7-5-12)8-9-14-3-2-11-10-14/h2-3,11H,4-10H2,1H3. The third-order valence-corrected chi connectivity index (χ3v) is 3.00. The lowest BCUT2D eigenvalue weighted by atomic mass is 10.3. The summed E-state index contributed by atoms with van der Waals surface area (Å²) in [5.74, 6) is 0. The zero-order valence-corrected chi connectivity index (χ0v) is 8.95. The Bertz CT molecular complexity index is 196. The summed E-state index contributed by atoms with van der Waals surface area (Å²) in [5.41, 5.74) is 0. The molecule has 2 heterocycles. The number of rotatable bonds is 3. The van der Waals surface area contributed by atoms with Crippen LogP contribution in [-0.4, -0.2) is 67.7 Å². The Balaban J connectivity index is 1.63. The Morgan fingerprint density at radius 1 is 1.14 bits per heavy atom. The van der Waals surface area contributed by atoms with Crippen molar-refractivity contribution in [2.24, 2.45) is 0 Å². The van der Waals surface area contributed by atoms with Crippen LogP contribution in [0.3, 0.4) is 0 Å². The van der Waals surface area contributed by atoms with E-state index in [0.29, 0.717) is 0 Å². The molecule has 0 spiro atoms. The maximum absolute atomic E-state index is 3.19. The molecule has 2 aliphatic heterocycles. The van der Waals surface area contributed by atoms with Crippen LogP contribution in [0.15, 0.2) is 12.4 Å². The summed E-state index contributed by atoms with van der Waals surface area (Å²) in [5, 5.41) is 3.19. The number of nitrogens with zero attached hydrogens (tertiary/aromatic N) is 3. The van der Waals surface area contributed by atoms with Gasteiger partial charge in [0.2, 0.25) is 0 Å². The predicted octanol–water partition coefficient (Wildman–Crippen LogP) is -0.432. The van der Waals surface area contributed by atoms with Gasteiger partial charge < -0.3 is 15.1 Å². The average Bonchev–Trinajstić information content (AvgIpc) is 2.70. The van der Waals surface area contributed by atoms with Crippen molar-refractivity contribution >= 4 is 0 Å². The maximum Gasteiger partial charge on any atom is 0.0868 e. The van der Waals surface area contributed by atoms with Crippen molar-refractivity contribution in [2.45, 2.75) is 0 Å². The minimum atomic E-state index is 0.980. The molecule has 4 heteroatoms. The summed E-state index contributed by atoms with van der Waals surface area (Å²) >= 11 is 0. The van der Waals surface area contributed by atoms with E-state index < -0.39 is 0 Å². The van der Waals surface area contributed by atoms with E-state index in [-0.39, 0.29) is 0 Å². The minimum Gasteiger partial charge on any atom is -0.373 e. The molecule has 0 aromatic heterocycles. The van der Waals surface area contributed by atoms with E-state index in [9.17, 15) is 0 Å². The lowest BCUT2D eigenvalue weighted by Gasteiger charge is -2.33. The fraction of sp³-hybridized carbons (Fsp3) is 0.800. The van der Waals surface area contributed by atoms with E-state index >= 15 is 0 Å². The second kappa shape index (κ2) is 4.66. The summed E-state index contributed by atoms with van der Waals surface area (Å²) in [6, 6.07) is 0. The van der Waals surface area contributed by atoms with Gasteiger partial charge in [0.1, 0.15) is 0 Å². The number of piperazine rings is 1. The summed E-state index contributed by atoms with van der Waals surface area (Å²) in [7, 11) is 2.20. The zero-order valence-electron chi connectivity index (χ0n) is 8.95. The van der Waals surface area contributed by atoms with Gasteiger partial charge in [-0.3, -0.25) is 4.90 Å². The topological polar surface area (TPSA) is 21.8 Å². The predicted molar refractivity (Wildman–Crippen MR) is 57.8 cm³/mol. The fourth-order valence-corrected chi connectivity index (χ4v) is 1.88. The first-order valence-corrected chi connectivity index (χ1v) is 5.39. The molecule has 2 aliphatic rings. The molecular formula is C10H20N4. The van der Waals surface area contributed by atoms with Gasteiger partial charge in [-0.1, -0.05) is 0 Å². The number of likely N-dealkylation sites (N-methyl/N-ethyl adjacent to an activating group) is 1. The highest BCUT2D eigenvalue weighted by Gasteiger charge is 2.14. The van der Waals surface area contributed by atoms with E-state index in [4.69, 9.17) is 0 Å². The molecule has 0 atom stereocenters. The van der Waals surface area contributed by atoms with Gasteiger partial charge >= 0.3 is 0 Å². The molecule has 1 fully saturated rings. The van der Waals surface area contributed by atoms with E-state index in [1.54, 1.807) is 0 Å². The monoisotopic (exact) mass is 196 g/mol. The molecule has 0 amide bonds. The maximum atomic E-state index is 3.19. The Labute approximate surface area is 86.2 Å². The molecule has 1 N–H and O–H groups in total. The Hall–Kier alpha value is -0.740. The largest absolute Gasteiger partial charge is 0.373 e. The van der Waals surface area contributed by atoms with Crippen molar-refractivity contribution in [3.05, 3.63) is 12.4 Å². The summed E-state index contributed by atoms with van der Waals surface area (Å²) in [6.07, 6.45) is 4.15. The smallest absolute Gasteiger partial charge is 0.0868 e. The highest BCUT2D eigenvalue weighted by Crippen LogP contribution is 2.00. The SMILES string of the molecule is CN1CCN(CCN2C=CNC2)CC1. The second-order valence-electron chi connectivity index (χ2n) is 4.14. The molecule has 0 bridgehead atoms. The number of hydrogen-bond acceptors (Lipinski definition) is 4. The van der Waals surface area contributed by atoms with Gasteiger partial charge in [-0.25, -0.2) is 0 Å². The van der Waals surface area contributed by atoms with Gasteiger partial charge in [0.25, 0.3) is 0 Å². The number of nitrogens with one attached hydrogen (secondary N) is 1. The first kappa shape index (κ1) is 9.80. The van der Waals surface area contributed by atoms with Gasteiger partial charge in [0.15, 0.2) is 0 Å². The van der Waals surface area contributed by atoms with Crippen molar-refractivity contribution in [2.75, 3.05) is 53.0 Å². The highest BCUT2D eigenvalue weighted by molar-refractivity contribution is 4.87. The minimum absolute atomic E-state index is 0.980. The van der Waals surface area contributed by atoms with Gasteiger partial charge in [-0.15, -0.1) is 0 Å². The lowest BCUT2D eigenvalue weighted by Crippen LogP contribution is -2.46. The number of hydrogen-bond donors (Lipinski definition) is 1. The van der Waals surface area contributed by atoms with Crippen molar-refractivity contribution in [1.82, 2.24) is 20.0 Å². The van der Waals surface area contributed by atoms with Crippen LogP contribution < -0.4 is 5.32 Å². The van der Waals surface area contributed by atoms with Gasteiger partial charge in [0, 0.05) is 51.7 Å². The molecule has 2 rings (SSSR count). The fourth-order valence-electron chi connectivity index (χ4n) is 1.88. The zero-order chi connectivity index (χ0) is 9.80. The van der Waals surface area contributed by atoms with Crippen LogP contribution in [0.1, 0.15) is 0 Å². The lowest BCUT2D eigenvalue weighted by molar-refractivity contribution is 0.145. The average molecular weight is 196 g/mol. The summed E-state index contributed by atoms with van der Waals surface area (Å²) < 4.78 is 0. The van der Waals surface area contributed by atoms with E-state index in [2.05, 4.69) is 33.3 Å². The second-order valence-corrected chi connectivity index (χ2v) is 4.14. The first-order valence-electron chi connectivity index (χ1n) is 5.39. The van der Waals surface area contributed by atoms with Crippen LogP contribution in [0.2, 0.25) is 0 Å². The Morgan fingerprint density at radius 3 is 2.57 bits per heavy atom. The van der Waals surface area contributed by atoms with Crippen LogP contribution in [0.5, 0.6) is 0 Å². The molecule has 0 aromatic carbocycles. The highest BCUT2D eigenvalue weighted by atomic mass is 15.3. The molecule has 4 nitrogen and oxygen atoms in total. The molecule has 0 aromatic rings. The van der Waals surface area contributed by atoms with Crippen LogP contribution >= 0.6 is 0 Å². The van der Waals surface area contributed by atoms with Gasteiger partial charge in [-0.2, -0.15) is 0 Å². The third kappa shape index (κ3) is 2.62. The van der Waals surface area contributed by atoms with E-state index in [0.717, 1.165) is 13.2 Å². The molecule has 0 unspecified atom stereocenters. The van der Waals surface area contributed by atoms with Crippen molar-refractivity contribution in [1.29, 1.82) is 0 Å². The molecule has 14 heavy (non-hydrogen) atoms. The van der Waals surface area contributed by atoms with E-state index in [1.807, 2.05) is 6.20 Å². The van der Waals surface area contributed by atoms with Crippen molar-refractivity contribution in [3.63, 3.8) is 0 Å². The van der Waals surface area contributed by atoms with Crippen LogP contribution in [0.25, 0.3) is 0 Å². The molecule has 1 saturated heterocycles. The Morgan fingerprint density at radius 2 is 1.93 bits per heavy atom. The molecule has 80 valence electrons. The first-order chi connectivity index (χ1) is 6.84. The van der Waals surface area contributed by atoms with E-state index in [1.165, 1.54) is 32.7 Å². The van der Waals surface area contributed by atoms with Gasteiger partial charge in [0.05, 0.1) is 6.67 Å². The molecular weight excluding hydrogens is 176 g/mol. The molecule has 0 radical (unpaired) electrons.